The second kappa shape index (κ2) is 6.02. The first-order valence-electron chi connectivity index (χ1n) is 4.93. The summed E-state index contributed by atoms with van der Waals surface area (Å²) in [6, 6.07) is 5.45. The summed E-state index contributed by atoms with van der Waals surface area (Å²) in [5.74, 6) is 1.83. The van der Waals surface area contributed by atoms with E-state index in [-0.39, 0.29) is 0 Å². The first-order chi connectivity index (χ1) is 7.72. The molecule has 4 heteroatoms. The molecule has 0 fully saturated rings. The normalized spacial score (nSPS) is 9.69. The quantitative estimate of drug-likeness (QED) is 0.744. The summed E-state index contributed by atoms with van der Waals surface area (Å²) in [7, 11) is 3.17. The van der Waals surface area contributed by atoms with E-state index < -0.39 is 0 Å². The summed E-state index contributed by atoms with van der Waals surface area (Å²) >= 11 is 0. The second-order valence-corrected chi connectivity index (χ2v) is 3.23. The molecule has 0 amide bonds. The molecule has 0 aliphatic carbocycles. The highest BCUT2D eigenvalue weighted by molar-refractivity contribution is 5.51. The van der Waals surface area contributed by atoms with Crippen LogP contribution < -0.4 is 19.9 Å². The minimum absolute atomic E-state index is 0.354. The topological polar surface area (TPSA) is 53.7 Å². The van der Waals surface area contributed by atoms with Crippen molar-refractivity contribution in [3.05, 3.63) is 30.4 Å². The van der Waals surface area contributed by atoms with Crippen molar-refractivity contribution in [3.63, 3.8) is 0 Å². The predicted molar refractivity (Wildman–Crippen MR) is 63.2 cm³/mol. The summed E-state index contributed by atoms with van der Waals surface area (Å²) in [6.45, 7) is 4.52. The Hall–Kier alpha value is -1.68. The van der Waals surface area contributed by atoms with E-state index in [2.05, 4.69) is 6.58 Å². The van der Waals surface area contributed by atoms with Gasteiger partial charge in [-0.2, -0.15) is 0 Å². The molecule has 1 aromatic carbocycles. The van der Waals surface area contributed by atoms with Crippen LogP contribution in [0.5, 0.6) is 17.2 Å². The molecule has 0 aliphatic heterocycles. The van der Waals surface area contributed by atoms with Crippen LogP contribution in [-0.2, 0) is 0 Å². The lowest BCUT2D eigenvalue weighted by molar-refractivity contribution is 0.294. The number of nitrogens with two attached hydrogens (primary N) is 1. The Morgan fingerprint density at radius 3 is 2.25 bits per heavy atom. The molecule has 88 valence electrons. The Bertz CT molecular complexity index is 341. The zero-order chi connectivity index (χ0) is 12.0. The molecule has 16 heavy (non-hydrogen) atoms. The van der Waals surface area contributed by atoms with Crippen LogP contribution in [0.1, 0.15) is 0 Å². The summed E-state index contributed by atoms with van der Waals surface area (Å²) in [4.78, 5) is 0. The summed E-state index contributed by atoms with van der Waals surface area (Å²) in [6.07, 6.45) is 0. The van der Waals surface area contributed by atoms with Crippen LogP contribution in [0.15, 0.2) is 30.4 Å². The van der Waals surface area contributed by atoms with Crippen molar-refractivity contribution in [2.24, 2.45) is 5.73 Å². The number of ether oxygens (including phenoxy) is 3. The van der Waals surface area contributed by atoms with Gasteiger partial charge in [0, 0.05) is 6.54 Å². The largest absolute Gasteiger partial charge is 0.493 e. The maximum atomic E-state index is 5.57. The van der Waals surface area contributed by atoms with E-state index in [1.807, 2.05) is 18.2 Å². The Morgan fingerprint density at radius 2 is 1.81 bits per heavy atom. The van der Waals surface area contributed by atoms with Gasteiger partial charge in [0.15, 0.2) is 11.5 Å². The molecule has 0 heterocycles. The Morgan fingerprint density at radius 1 is 1.25 bits per heavy atom. The van der Waals surface area contributed by atoms with Crippen LogP contribution in [0.3, 0.4) is 0 Å². The molecule has 0 saturated heterocycles. The third-order valence-electron chi connectivity index (χ3n) is 2.09. The molecule has 0 unspecified atom stereocenters. The van der Waals surface area contributed by atoms with Gasteiger partial charge < -0.3 is 19.9 Å². The summed E-state index contributed by atoms with van der Waals surface area (Å²) in [5, 5.41) is 0. The number of benzene rings is 1. The van der Waals surface area contributed by atoms with Crippen LogP contribution in [-0.4, -0.2) is 27.4 Å². The maximum absolute atomic E-state index is 5.57. The average molecular weight is 223 g/mol. The smallest absolute Gasteiger partial charge is 0.203 e. The molecule has 0 radical (unpaired) electrons. The Kier molecular flexibility index (Phi) is 4.66. The molecule has 1 rings (SSSR count). The van der Waals surface area contributed by atoms with Crippen LogP contribution in [0.2, 0.25) is 0 Å². The molecule has 1 aromatic rings. The minimum Gasteiger partial charge on any atom is -0.493 e. The van der Waals surface area contributed by atoms with Crippen molar-refractivity contribution in [2.75, 3.05) is 27.4 Å². The van der Waals surface area contributed by atoms with E-state index in [0.29, 0.717) is 30.4 Å². The van der Waals surface area contributed by atoms with Crippen molar-refractivity contribution < 1.29 is 14.2 Å². The number of hydrogen-bond acceptors (Lipinski definition) is 4. The standard InChI is InChI=1S/C12H17NO3/c1-9(7-13)8-16-12-10(14-2)5-4-6-11(12)15-3/h4-6H,1,7-8,13H2,2-3H3. The van der Waals surface area contributed by atoms with Gasteiger partial charge in [-0.05, 0) is 17.7 Å². The zero-order valence-electron chi connectivity index (χ0n) is 9.66. The fourth-order valence-electron chi connectivity index (χ4n) is 1.19. The van der Waals surface area contributed by atoms with Gasteiger partial charge in [-0.3, -0.25) is 0 Å². The van der Waals surface area contributed by atoms with E-state index in [1.165, 1.54) is 0 Å². The van der Waals surface area contributed by atoms with Crippen LogP contribution in [0, 0.1) is 0 Å². The third-order valence-corrected chi connectivity index (χ3v) is 2.09. The van der Waals surface area contributed by atoms with Gasteiger partial charge in [0.1, 0.15) is 6.61 Å². The minimum atomic E-state index is 0.354. The van der Waals surface area contributed by atoms with Crippen molar-refractivity contribution in [3.8, 4) is 17.2 Å². The molecule has 2 N–H and O–H groups in total. The third kappa shape index (κ3) is 2.90. The van der Waals surface area contributed by atoms with Crippen molar-refractivity contribution >= 4 is 0 Å². The number of rotatable bonds is 6. The Labute approximate surface area is 95.6 Å². The first-order valence-corrected chi connectivity index (χ1v) is 4.93. The van der Waals surface area contributed by atoms with Gasteiger partial charge in [0.25, 0.3) is 0 Å². The van der Waals surface area contributed by atoms with Crippen molar-refractivity contribution in [1.82, 2.24) is 0 Å². The average Bonchev–Trinajstić information content (AvgIpc) is 2.35. The van der Waals surface area contributed by atoms with E-state index >= 15 is 0 Å². The maximum Gasteiger partial charge on any atom is 0.203 e. The molecule has 0 saturated carbocycles. The van der Waals surface area contributed by atoms with E-state index in [0.717, 1.165) is 5.57 Å². The fraction of sp³-hybridized carbons (Fsp3) is 0.333. The highest BCUT2D eigenvalue weighted by Gasteiger charge is 2.10. The van der Waals surface area contributed by atoms with Gasteiger partial charge in [-0.1, -0.05) is 12.6 Å². The highest BCUT2D eigenvalue weighted by Crippen LogP contribution is 2.36. The monoisotopic (exact) mass is 223 g/mol. The summed E-state index contributed by atoms with van der Waals surface area (Å²) in [5.41, 5.74) is 6.25. The number of para-hydroxylation sites is 1. The van der Waals surface area contributed by atoms with E-state index in [4.69, 9.17) is 19.9 Å². The lowest BCUT2D eigenvalue weighted by Gasteiger charge is -2.14. The van der Waals surface area contributed by atoms with Crippen LogP contribution in [0.4, 0.5) is 0 Å². The fourth-order valence-corrected chi connectivity index (χ4v) is 1.19. The number of methoxy groups -OCH3 is 2. The van der Waals surface area contributed by atoms with Gasteiger partial charge in [-0.25, -0.2) is 0 Å². The predicted octanol–water partition coefficient (Wildman–Crippen LogP) is 1.60. The molecule has 0 aliphatic rings. The van der Waals surface area contributed by atoms with Gasteiger partial charge in [-0.15, -0.1) is 0 Å². The molecule has 0 aromatic heterocycles. The molecule has 0 atom stereocenters. The second-order valence-electron chi connectivity index (χ2n) is 3.23. The van der Waals surface area contributed by atoms with Gasteiger partial charge in [0.2, 0.25) is 5.75 Å². The zero-order valence-corrected chi connectivity index (χ0v) is 9.66. The van der Waals surface area contributed by atoms with Gasteiger partial charge >= 0.3 is 0 Å². The molecular formula is C12H17NO3. The first kappa shape index (κ1) is 12.4. The number of hydrogen-bond donors (Lipinski definition) is 1. The van der Waals surface area contributed by atoms with Crippen LogP contribution in [0.25, 0.3) is 0 Å². The van der Waals surface area contributed by atoms with E-state index in [1.54, 1.807) is 14.2 Å². The highest BCUT2D eigenvalue weighted by atomic mass is 16.5. The van der Waals surface area contributed by atoms with Gasteiger partial charge in [0.05, 0.1) is 14.2 Å². The van der Waals surface area contributed by atoms with Crippen molar-refractivity contribution in [2.45, 2.75) is 0 Å². The van der Waals surface area contributed by atoms with Crippen molar-refractivity contribution in [1.29, 1.82) is 0 Å². The molecule has 0 bridgehead atoms. The lowest BCUT2D eigenvalue weighted by Crippen LogP contribution is -2.10. The molecule has 4 nitrogen and oxygen atoms in total. The lowest BCUT2D eigenvalue weighted by atomic mass is 10.3. The SMILES string of the molecule is C=C(CN)COc1c(OC)cccc1OC. The summed E-state index contributed by atoms with van der Waals surface area (Å²) < 4.78 is 15.9. The van der Waals surface area contributed by atoms with E-state index in [9.17, 15) is 0 Å². The Balaban J connectivity index is 2.86. The van der Waals surface area contributed by atoms with Crippen LogP contribution >= 0.6 is 0 Å². The molecular weight excluding hydrogens is 206 g/mol. The molecule has 0 spiro atoms.